The number of esters is 1. The molecule has 0 aromatic heterocycles. The Kier molecular flexibility index (Phi) is 7.96. The van der Waals surface area contributed by atoms with Crippen LogP contribution in [0.2, 0.25) is 0 Å². The fourth-order valence-corrected chi connectivity index (χ4v) is 4.77. The molecule has 0 radical (unpaired) electrons. The second-order valence-electron chi connectivity index (χ2n) is 8.26. The lowest BCUT2D eigenvalue weighted by molar-refractivity contribution is -0.129. The van der Waals surface area contributed by atoms with Gasteiger partial charge in [-0.1, -0.05) is 48.5 Å². The topological polar surface area (TPSA) is 80.0 Å². The Balaban J connectivity index is 2.07. The van der Waals surface area contributed by atoms with E-state index in [1.165, 1.54) is 28.3 Å². The Morgan fingerprint density at radius 3 is 2.17 bits per heavy atom. The first-order valence-corrected chi connectivity index (χ1v) is 12.5. The van der Waals surface area contributed by atoms with Crippen LogP contribution in [0.5, 0.6) is 23.0 Å². The van der Waals surface area contributed by atoms with Gasteiger partial charge < -0.3 is 24.7 Å². The molecule has 4 rings (SSSR count). The molecule has 36 heavy (non-hydrogen) atoms. The lowest BCUT2D eigenvalue weighted by Gasteiger charge is -2.25. The molecule has 1 aliphatic rings. The Morgan fingerprint density at radius 1 is 0.833 bits per heavy atom. The predicted molar refractivity (Wildman–Crippen MR) is 142 cm³/mol. The summed E-state index contributed by atoms with van der Waals surface area (Å²) in [6.07, 6.45) is 3.77. The molecule has 0 aliphatic heterocycles. The van der Waals surface area contributed by atoms with Crippen molar-refractivity contribution >= 4 is 5.97 Å². The molecule has 1 aliphatic carbocycles. The van der Waals surface area contributed by atoms with Crippen LogP contribution in [0.3, 0.4) is 0 Å². The first-order valence-electron chi connectivity index (χ1n) is 12.5. The monoisotopic (exact) mass is 487 g/mol. The number of hydrogen-bond donors (Lipinski definition) is 1. The summed E-state index contributed by atoms with van der Waals surface area (Å²) in [6.45, 7) is 8.68. The van der Waals surface area contributed by atoms with E-state index in [0.29, 0.717) is 42.6 Å². The van der Waals surface area contributed by atoms with Crippen LogP contribution in [0.4, 0.5) is 0 Å². The SMILES string of the molecule is CC=CC(=O)Oc1c(CN)c(OCC)c(-c2cccc3c2Cc2ccccc2-3)c(OCC)c1OCC. The van der Waals surface area contributed by atoms with Crippen molar-refractivity contribution in [1.82, 2.24) is 0 Å². The first-order chi connectivity index (χ1) is 17.6. The summed E-state index contributed by atoms with van der Waals surface area (Å²) in [5, 5.41) is 0. The minimum Gasteiger partial charge on any atom is -0.493 e. The average Bonchev–Trinajstić information content (AvgIpc) is 3.26. The standard InChI is InChI=1S/C30H33NO5/c1-5-12-25(32)36-28-24(18-31)27(33-6-2)26(29(34-7-3)30(28)35-8-4)22-16-11-15-21-20-14-10-9-13-19(20)17-23(21)22/h5,9-16H,6-8,17-18,31H2,1-4H3. The Labute approximate surface area is 212 Å². The van der Waals surface area contributed by atoms with E-state index in [0.717, 1.165) is 17.5 Å². The molecule has 0 heterocycles. The van der Waals surface area contributed by atoms with E-state index in [2.05, 4.69) is 36.4 Å². The van der Waals surface area contributed by atoms with Crippen LogP contribution in [0.1, 0.15) is 44.4 Å². The van der Waals surface area contributed by atoms with Gasteiger partial charge in [0, 0.05) is 12.6 Å². The summed E-state index contributed by atoms with van der Waals surface area (Å²) in [5.41, 5.74) is 13.4. The van der Waals surface area contributed by atoms with Gasteiger partial charge in [0.25, 0.3) is 0 Å². The second kappa shape index (κ2) is 11.3. The van der Waals surface area contributed by atoms with Crippen molar-refractivity contribution < 1.29 is 23.7 Å². The smallest absolute Gasteiger partial charge is 0.335 e. The fourth-order valence-electron chi connectivity index (χ4n) is 4.77. The van der Waals surface area contributed by atoms with Gasteiger partial charge in [-0.05, 0) is 61.9 Å². The normalized spacial score (nSPS) is 11.8. The van der Waals surface area contributed by atoms with Crippen LogP contribution in [0.15, 0.2) is 54.6 Å². The third-order valence-corrected chi connectivity index (χ3v) is 6.11. The van der Waals surface area contributed by atoms with Crippen LogP contribution >= 0.6 is 0 Å². The summed E-state index contributed by atoms with van der Waals surface area (Å²) >= 11 is 0. The van der Waals surface area contributed by atoms with Crippen molar-refractivity contribution in [3.8, 4) is 45.3 Å². The number of hydrogen-bond acceptors (Lipinski definition) is 6. The molecule has 3 aromatic rings. The zero-order valence-corrected chi connectivity index (χ0v) is 21.4. The number of ether oxygens (including phenoxy) is 4. The molecule has 0 fully saturated rings. The molecule has 6 heteroatoms. The van der Waals surface area contributed by atoms with E-state index < -0.39 is 5.97 Å². The Hall–Kier alpha value is -3.77. The number of fused-ring (bicyclic) bond motifs is 3. The Bertz CT molecular complexity index is 1290. The zero-order valence-electron chi connectivity index (χ0n) is 21.4. The van der Waals surface area contributed by atoms with Gasteiger partial charge in [0.15, 0.2) is 11.5 Å². The third kappa shape index (κ3) is 4.56. The summed E-state index contributed by atoms with van der Waals surface area (Å²) in [7, 11) is 0. The van der Waals surface area contributed by atoms with Gasteiger partial charge in [-0.3, -0.25) is 0 Å². The highest BCUT2D eigenvalue weighted by atomic mass is 16.6. The van der Waals surface area contributed by atoms with Crippen LogP contribution in [0.25, 0.3) is 22.3 Å². The maximum atomic E-state index is 12.5. The first kappa shape index (κ1) is 25.3. The van der Waals surface area contributed by atoms with Crippen LogP contribution < -0.4 is 24.7 Å². The summed E-state index contributed by atoms with van der Waals surface area (Å²) in [6, 6.07) is 14.7. The highest BCUT2D eigenvalue weighted by Gasteiger charge is 2.32. The van der Waals surface area contributed by atoms with E-state index in [4.69, 9.17) is 24.7 Å². The molecular formula is C30H33NO5. The molecule has 2 N–H and O–H groups in total. The van der Waals surface area contributed by atoms with Gasteiger partial charge in [-0.25, -0.2) is 4.79 Å². The number of rotatable bonds is 10. The van der Waals surface area contributed by atoms with Crippen molar-refractivity contribution in [2.24, 2.45) is 5.73 Å². The molecule has 0 atom stereocenters. The third-order valence-electron chi connectivity index (χ3n) is 6.11. The maximum absolute atomic E-state index is 12.5. The molecule has 0 saturated carbocycles. The zero-order chi connectivity index (χ0) is 25.7. The van der Waals surface area contributed by atoms with E-state index in [1.807, 2.05) is 26.8 Å². The van der Waals surface area contributed by atoms with Gasteiger partial charge in [0.1, 0.15) is 5.75 Å². The molecule has 6 nitrogen and oxygen atoms in total. The summed E-state index contributed by atoms with van der Waals surface area (Å²) < 4.78 is 24.3. The molecule has 3 aromatic carbocycles. The molecule has 188 valence electrons. The number of allylic oxidation sites excluding steroid dienone is 1. The highest BCUT2D eigenvalue weighted by Crippen LogP contribution is 2.55. The number of carbonyl (C=O) groups excluding carboxylic acids is 1. The highest BCUT2D eigenvalue weighted by molar-refractivity contribution is 5.93. The lowest BCUT2D eigenvalue weighted by Crippen LogP contribution is -2.14. The summed E-state index contributed by atoms with van der Waals surface area (Å²) in [4.78, 5) is 12.5. The van der Waals surface area contributed by atoms with Gasteiger partial charge in [-0.2, -0.15) is 0 Å². The molecular weight excluding hydrogens is 454 g/mol. The van der Waals surface area contributed by atoms with Gasteiger partial charge in [-0.15, -0.1) is 0 Å². The van der Waals surface area contributed by atoms with Crippen LogP contribution in [-0.4, -0.2) is 25.8 Å². The van der Waals surface area contributed by atoms with Crippen molar-refractivity contribution in [3.05, 3.63) is 71.3 Å². The van der Waals surface area contributed by atoms with Crippen molar-refractivity contribution in [3.63, 3.8) is 0 Å². The Morgan fingerprint density at radius 2 is 1.47 bits per heavy atom. The van der Waals surface area contributed by atoms with Crippen LogP contribution in [0, 0.1) is 0 Å². The van der Waals surface area contributed by atoms with Crippen molar-refractivity contribution in [2.75, 3.05) is 19.8 Å². The molecule has 0 saturated heterocycles. The minimum absolute atomic E-state index is 0.0858. The number of carbonyl (C=O) groups is 1. The maximum Gasteiger partial charge on any atom is 0.335 e. The second-order valence-corrected chi connectivity index (χ2v) is 8.26. The van der Waals surface area contributed by atoms with Crippen LogP contribution in [-0.2, 0) is 17.8 Å². The van der Waals surface area contributed by atoms with E-state index in [-0.39, 0.29) is 12.3 Å². The predicted octanol–water partition coefficient (Wildman–Crippen LogP) is 6.06. The average molecular weight is 488 g/mol. The van der Waals surface area contributed by atoms with Crippen molar-refractivity contribution in [1.29, 1.82) is 0 Å². The minimum atomic E-state index is -0.526. The number of benzene rings is 3. The van der Waals surface area contributed by atoms with E-state index >= 15 is 0 Å². The summed E-state index contributed by atoms with van der Waals surface area (Å²) in [5.74, 6) is 1.08. The van der Waals surface area contributed by atoms with Crippen molar-refractivity contribution in [2.45, 2.75) is 40.7 Å². The van der Waals surface area contributed by atoms with Gasteiger partial charge >= 0.3 is 5.97 Å². The lowest BCUT2D eigenvalue weighted by atomic mass is 9.92. The molecule has 0 bridgehead atoms. The van der Waals surface area contributed by atoms with Gasteiger partial charge in [0.2, 0.25) is 5.75 Å². The van der Waals surface area contributed by atoms with E-state index in [9.17, 15) is 4.79 Å². The van der Waals surface area contributed by atoms with E-state index in [1.54, 1.807) is 13.0 Å². The number of nitrogens with two attached hydrogens (primary N) is 1. The molecule has 0 unspecified atom stereocenters. The molecule has 0 spiro atoms. The largest absolute Gasteiger partial charge is 0.493 e. The fraction of sp³-hybridized carbons (Fsp3) is 0.300. The quantitative estimate of drug-likeness (QED) is 0.166. The molecule has 0 amide bonds. The van der Waals surface area contributed by atoms with Gasteiger partial charge in [0.05, 0.1) is 30.9 Å².